The largest absolute Gasteiger partial charge is 0.521 e. The monoisotopic (exact) mass is 463 g/mol. The Hall–Kier alpha value is -3.63. The summed E-state index contributed by atoms with van der Waals surface area (Å²) in [6.45, 7) is 6.90. The predicted octanol–water partition coefficient (Wildman–Crippen LogP) is 6.33. The lowest BCUT2D eigenvalue weighted by Crippen LogP contribution is -2.69. The van der Waals surface area contributed by atoms with Crippen LogP contribution in [0.15, 0.2) is 108 Å². The molecule has 1 atom stereocenters. The highest BCUT2D eigenvalue weighted by Crippen LogP contribution is 2.43. The van der Waals surface area contributed by atoms with Gasteiger partial charge in [-0.2, -0.15) is 0 Å². The van der Waals surface area contributed by atoms with Gasteiger partial charge in [-0.15, -0.1) is 0 Å². The average Bonchev–Trinajstić information content (AvgIpc) is 2.88. The van der Waals surface area contributed by atoms with Crippen LogP contribution >= 0.6 is 0 Å². The van der Waals surface area contributed by atoms with Crippen LogP contribution in [0.25, 0.3) is 11.1 Å². The van der Waals surface area contributed by atoms with E-state index in [0.717, 1.165) is 17.0 Å². The van der Waals surface area contributed by atoms with Gasteiger partial charge in [0, 0.05) is 10.8 Å². The molecule has 170 valence electrons. The molecular weight excluding hydrogens is 434 g/mol. The quantitative estimate of drug-likeness (QED) is 0.331. The van der Waals surface area contributed by atoms with Crippen LogP contribution in [0, 0.1) is 0 Å². The number of ether oxygens (including phenoxy) is 1. The Morgan fingerprint density at radius 1 is 0.706 bits per heavy atom. The van der Waals surface area contributed by atoms with Crippen LogP contribution in [0.4, 0.5) is 5.69 Å². The molecule has 0 saturated carbocycles. The third-order valence-electron chi connectivity index (χ3n) is 6.52. The molecule has 1 aliphatic rings. The molecule has 1 aliphatic heterocycles. The zero-order valence-electron chi connectivity index (χ0n) is 20.1. The predicted molar refractivity (Wildman–Crippen MR) is 143 cm³/mol. The van der Waals surface area contributed by atoms with Gasteiger partial charge in [0.15, 0.2) is 0 Å². The van der Waals surface area contributed by atoms with E-state index in [1.165, 1.54) is 21.5 Å². The summed E-state index contributed by atoms with van der Waals surface area (Å²) in [4.78, 5) is 5.08. The van der Waals surface area contributed by atoms with Gasteiger partial charge in [0.1, 0.15) is 5.75 Å². The van der Waals surface area contributed by atoms with Crippen molar-refractivity contribution in [1.82, 2.24) is 0 Å². The summed E-state index contributed by atoms with van der Waals surface area (Å²) in [6.07, 6.45) is 0. The molecule has 0 aliphatic carbocycles. The van der Waals surface area contributed by atoms with Crippen LogP contribution in [0.2, 0.25) is 5.04 Å². The van der Waals surface area contributed by atoms with Gasteiger partial charge in [0.25, 0.3) is 0 Å². The Bertz CT molecular complexity index is 1330. The van der Waals surface area contributed by atoms with Gasteiger partial charge in [-0.05, 0) is 51.7 Å². The normalized spacial score (nSPS) is 17.4. The van der Waals surface area contributed by atoms with Crippen molar-refractivity contribution in [2.75, 3.05) is 7.11 Å². The van der Waals surface area contributed by atoms with Gasteiger partial charge < -0.3 is 9.16 Å². The molecule has 0 saturated heterocycles. The molecule has 4 aromatic rings. The molecule has 5 rings (SSSR count). The van der Waals surface area contributed by atoms with E-state index in [0.29, 0.717) is 5.90 Å². The zero-order valence-corrected chi connectivity index (χ0v) is 21.1. The van der Waals surface area contributed by atoms with Crippen molar-refractivity contribution < 1.29 is 9.16 Å². The second-order valence-electron chi connectivity index (χ2n) is 9.61. The Balaban J connectivity index is 1.84. The van der Waals surface area contributed by atoms with E-state index < -0.39 is 8.32 Å². The molecule has 0 amide bonds. The SMILES string of the molecule is COc1ccc(C2=Nc3cccc(-c4ccccc4)c3[Si](c3ccccc3)(C(C)(C)C)O2)cc1. The molecule has 4 heteroatoms. The Morgan fingerprint density at radius 2 is 1.35 bits per heavy atom. The first kappa shape index (κ1) is 22.2. The van der Waals surface area contributed by atoms with Crippen LogP contribution < -0.4 is 15.1 Å². The fourth-order valence-electron chi connectivity index (χ4n) is 4.88. The highest BCUT2D eigenvalue weighted by Gasteiger charge is 2.56. The second kappa shape index (κ2) is 8.62. The third-order valence-corrected chi connectivity index (χ3v) is 11.5. The van der Waals surface area contributed by atoms with Crippen molar-refractivity contribution in [1.29, 1.82) is 0 Å². The molecule has 3 nitrogen and oxygen atoms in total. The fraction of sp³-hybridized carbons (Fsp3) is 0.167. The van der Waals surface area contributed by atoms with Gasteiger partial charge in [0.2, 0.25) is 5.90 Å². The van der Waals surface area contributed by atoms with Crippen LogP contribution in [0.5, 0.6) is 5.75 Å². The van der Waals surface area contributed by atoms with E-state index in [4.69, 9.17) is 14.2 Å². The maximum absolute atomic E-state index is 7.22. The molecule has 34 heavy (non-hydrogen) atoms. The van der Waals surface area contributed by atoms with Crippen molar-refractivity contribution in [3.63, 3.8) is 0 Å². The molecule has 0 N–H and O–H groups in total. The lowest BCUT2D eigenvalue weighted by atomic mass is 10.0. The summed E-state index contributed by atoms with van der Waals surface area (Å²) < 4.78 is 12.6. The standard InChI is InChI=1S/C30H29NO2Si/c1-30(2,3)34(25-14-9-6-10-15-25)28-26(22-12-7-5-8-13-22)16-11-17-27(28)31-29(33-34)23-18-20-24(32-4)21-19-23/h5-21H,1-4H3. The molecule has 0 radical (unpaired) electrons. The van der Waals surface area contributed by atoms with Crippen molar-refractivity contribution >= 4 is 30.3 Å². The van der Waals surface area contributed by atoms with Gasteiger partial charge in [0.05, 0.1) is 12.8 Å². The van der Waals surface area contributed by atoms with Gasteiger partial charge in [-0.1, -0.05) is 93.6 Å². The Labute approximate surface area is 202 Å². The van der Waals surface area contributed by atoms with E-state index in [1.807, 2.05) is 24.3 Å². The van der Waals surface area contributed by atoms with E-state index in [9.17, 15) is 0 Å². The van der Waals surface area contributed by atoms with Crippen LogP contribution in [-0.2, 0) is 4.43 Å². The molecule has 1 heterocycles. The number of nitrogens with zero attached hydrogens (tertiary/aromatic N) is 1. The first-order valence-corrected chi connectivity index (χ1v) is 13.5. The average molecular weight is 464 g/mol. The van der Waals surface area contributed by atoms with Crippen LogP contribution in [0.1, 0.15) is 26.3 Å². The number of hydrogen-bond donors (Lipinski definition) is 0. The molecular formula is C30H29NO2Si. The summed E-state index contributed by atoms with van der Waals surface area (Å²) in [5, 5.41) is 2.33. The van der Waals surface area contributed by atoms with E-state index in [-0.39, 0.29) is 5.04 Å². The molecule has 0 aromatic heterocycles. The highest BCUT2D eigenvalue weighted by molar-refractivity contribution is 7.02. The lowest BCUT2D eigenvalue weighted by Gasteiger charge is -2.46. The number of rotatable bonds is 4. The molecule has 0 spiro atoms. The number of methoxy groups -OCH3 is 1. The zero-order chi connectivity index (χ0) is 23.8. The van der Waals surface area contributed by atoms with E-state index in [2.05, 4.69) is 99.6 Å². The minimum absolute atomic E-state index is 0.151. The van der Waals surface area contributed by atoms with Gasteiger partial charge >= 0.3 is 8.32 Å². The molecule has 0 bridgehead atoms. The van der Waals surface area contributed by atoms with Crippen molar-refractivity contribution in [3.05, 3.63) is 109 Å². The van der Waals surface area contributed by atoms with E-state index in [1.54, 1.807) is 7.11 Å². The minimum atomic E-state index is -2.84. The van der Waals surface area contributed by atoms with Crippen molar-refractivity contribution in [2.24, 2.45) is 4.99 Å². The molecule has 1 unspecified atom stereocenters. The highest BCUT2D eigenvalue weighted by atomic mass is 28.4. The molecule has 0 fully saturated rings. The maximum atomic E-state index is 7.22. The first-order valence-electron chi connectivity index (χ1n) is 11.6. The summed E-state index contributed by atoms with van der Waals surface area (Å²) in [5.41, 5.74) is 4.32. The van der Waals surface area contributed by atoms with E-state index >= 15 is 0 Å². The van der Waals surface area contributed by atoms with Crippen LogP contribution in [0.3, 0.4) is 0 Å². The van der Waals surface area contributed by atoms with Crippen molar-refractivity contribution in [2.45, 2.75) is 25.8 Å². The lowest BCUT2D eigenvalue weighted by molar-refractivity contribution is 0.414. The maximum Gasteiger partial charge on any atom is 0.324 e. The topological polar surface area (TPSA) is 30.8 Å². The summed E-state index contributed by atoms with van der Waals surface area (Å²) in [7, 11) is -1.16. The fourth-order valence-corrected chi connectivity index (χ4v) is 9.54. The Kier molecular flexibility index (Phi) is 5.62. The van der Waals surface area contributed by atoms with Gasteiger partial charge in [-0.3, -0.25) is 0 Å². The summed E-state index contributed by atoms with van der Waals surface area (Å²) >= 11 is 0. The third kappa shape index (κ3) is 3.64. The van der Waals surface area contributed by atoms with Crippen LogP contribution in [-0.4, -0.2) is 21.3 Å². The van der Waals surface area contributed by atoms with Gasteiger partial charge in [-0.25, -0.2) is 4.99 Å². The smallest absolute Gasteiger partial charge is 0.324 e. The number of aliphatic imine (C=N–C) groups is 1. The number of fused-ring (bicyclic) bond motifs is 1. The number of benzene rings is 4. The molecule has 4 aromatic carbocycles. The minimum Gasteiger partial charge on any atom is -0.521 e. The Morgan fingerprint density at radius 3 is 1.97 bits per heavy atom. The summed E-state index contributed by atoms with van der Waals surface area (Å²) in [6, 6.07) is 35.7. The first-order chi connectivity index (χ1) is 16.4. The van der Waals surface area contributed by atoms with Crippen molar-refractivity contribution in [3.8, 4) is 16.9 Å². The summed E-state index contributed by atoms with van der Waals surface area (Å²) in [5.74, 6) is 1.49. The number of hydrogen-bond acceptors (Lipinski definition) is 3. The second-order valence-corrected chi connectivity index (χ2v) is 13.8.